The second-order valence-corrected chi connectivity index (χ2v) is 8.54. The minimum Gasteiger partial charge on any atom is -0.361 e. The van der Waals surface area contributed by atoms with Gasteiger partial charge in [0.05, 0.1) is 22.7 Å². The number of hydrogen-bond donors (Lipinski definition) is 2. The molecule has 0 radical (unpaired) electrons. The Morgan fingerprint density at radius 1 is 1.19 bits per heavy atom. The predicted molar refractivity (Wildman–Crippen MR) is 120 cm³/mol. The highest BCUT2D eigenvalue weighted by molar-refractivity contribution is 6.39. The first-order valence-electron chi connectivity index (χ1n) is 9.88. The number of nitrogens with one attached hydrogen (secondary N) is 1. The van der Waals surface area contributed by atoms with Gasteiger partial charge in [0.25, 0.3) is 11.5 Å². The van der Waals surface area contributed by atoms with Gasteiger partial charge in [0.1, 0.15) is 11.5 Å². The SMILES string of the molecule is Cc1cc(C)c(CN2CCc3c(Cl)cc(-c4c(CN)noc4C)c(Cl)c3C2=O)c(=O)[nH]1. The van der Waals surface area contributed by atoms with E-state index in [-0.39, 0.29) is 29.6 Å². The number of aryl methyl sites for hydroxylation is 3. The Labute approximate surface area is 189 Å². The Morgan fingerprint density at radius 3 is 2.61 bits per heavy atom. The number of fused-ring (bicyclic) bond motifs is 1. The summed E-state index contributed by atoms with van der Waals surface area (Å²) in [6, 6.07) is 3.63. The topological polar surface area (TPSA) is 105 Å². The molecule has 0 unspecified atom stereocenters. The van der Waals surface area contributed by atoms with Gasteiger partial charge in [0.2, 0.25) is 0 Å². The van der Waals surface area contributed by atoms with Crippen LogP contribution in [0.4, 0.5) is 0 Å². The van der Waals surface area contributed by atoms with E-state index in [1.54, 1.807) is 17.9 Å². The summed E-state index contributed by atoms with van der Waals surface area (Å²) in [6.07, 6.45) is 0.537. The van der Waals surface area contributed by atoms with E-state index in [0.29, 0.717) is 57.3 Å². The largest absolute Gasteiger partial charge is 0.361 e. The number of nitrogens with two attached hydrogens (primary N) is 1. The van der Waals surface area contributed by atoms with E-state index in [2.05, 4.69) is 10.1 Å². The summed E-state index contributed by atoms with van der Waals surface area (Å²) in [5.74, 6) is 0.276. The molecule has 1 aliphatic heterocycles. The molecule has 0 atom stereocenters. The average Bonchev–Trinajstić information content (AvgIpc) is 3.08. The molecular weight excluding hydrogens is 439 g/mol. The summed E-state index contributed by atoms with van der Waals surface area (Å²) in [7, 11) is 0. The van der Waals surface area contributed by atoms with Gasteiger partial charge < -0.3 is 20.1 Å². The Kier molecular flexibility index (Phi) is 5.68. The summed E-state index contributed by atoms with van der Waals surface area (Å²) < 4.78 is 5.28. The zero-order valence-electron chi connectivity index (χ0n) is 17.4. The molecule has 7 nitrogen and oxygen atoms in total. The van der Waals surface area contributed by atoms with Crippen molar-refractivity contribution in [3.8, 4) is 11.1 Å². The summed E-state index contributed by atoms with van der Waals surface area (Å²) in [5.41, 5.74) is 10.6. The van der Waals surface area contributed by atoms with E-state index in [0.717, 1.165) is 11.3 Å². The van der Waals surface area contributed by atoms with Crippen LogP contribution in [0.1, 0.15) is 44.2 Å². The van der Waals surface area contributed by atoms with Crippen molar-refractivity contribution >= 4 is 29.1 Å². The smallest absolute Gasteiger partial charge is 0.256 e. The molecule has 1 aliphatic rings. The maximum Gasteiger partial charge on any atom is 0.256 e. The molecular formula is C22H22Cl2N4O3. The molecule has 0 spiro atoms. The number of aromatic amines is 1. The Bertz CT molecular complexity index is 1260. The van der Waals surface area contributed by atoms with Gasteiger partial charge in [0, 0.05) is 34.9 Å². The third-order valence-corrected chi connectivity index (χ3v) is 6.42. The molecule has 162 valence electrons. The normalized spacial score (nSPS) is 13.6. The van der Waals surface area contributed by atoms with Crippen LogP contribution in [0.25, 0.3) is 11.1 Å². The minimum absolute atomic E-state index is 0.160. The molecule has 0 saturated heterocycles. The van der Waals surface area contributed by atoms with Gasteiger partial charge in [0.15, 0.2) is 0 Å². The molecule has 1 amide bonds. The molecule has 3 N–H and O–H groups in total. The van der Waals surface area contributed by atoms with Gasteiger partial charge in [-0.25, -0.2) is 0 Å². The van der Waals surface area contributed by atoms with Crippen LogP contribution >= 0.6 is 23.2 Å². The number of carbonyl (C=O) groups excluding carboxylic acids is 1. The van der Waals surface area contributed by atoms with Crippen LogP contribution in [-0.2, 0) is 19.5 Å². The number of pyridine rings is 1. The van der Waals surface area contributed by atoms with Gasteiger partial charge in [-0.1, -0.05) is 28.4 Å². The second kappa shape index (κ2) is 8.15. The van der Waals surface area contributed by atoms with Crippen LogP contribution < -0.4 is 11.3 Å². The van der Waals surface area contributed by atoms with E-state index < -0.39 is 0 Å². The molecule has 0 aliphatic carbocycles. The summed E-state index contributed by atoms with van der Waals surface area (Å²) in [6.45, 7) is 6.24. The first-order chi connectivity index (χ1) is 14.7. The van der Waals surface area contributed by atoms with Crippen molar-refractivity contribution in [2.24, 2.45) is 5.73 Å². The Morgan fingerprint density at radius 2 is 1.94 bits per heavy atom. The lowest BCUT2D eigenvalue weighted by Crippen LogP contribution is -2.39. The van der Waals surface area contributed by atoms with Crippen molar-refractivity contribution in [2.75, 3.05) is 6.54 Å². The van der Waals surface area contributed by atoms with Gasteiger partial charge in [-0.05, 0) is 50.5 Å². The van der Waals surface area contributed by atoms with Gasteiger partial charge in [-0.2, -0.15) is 0 Å². The molecule has 0 saturated carbocycles. The average molecular weight is 461 g/mol. The van der Waals surface area contributed by atoms with E-state index in [1.165, 1.54) is 0 Å². The molecule has 4 rings (SSSR count). The lowest BCUT2D eigenvalue weighted by atomic mass is 9.92. The lowest BCUT2D eigenvalue weighted by Gasteiger charge is -2.30. The number of rotatable bonds is 4. The number of carbonyl (C=O) groups is 1. The number of amides is 1. The molecule has 0 bridgehead atoms. The van der Waals surface area contributed by atoms with Crippen molar-refractivity contribution in [3.05, 3.63) is 71.9 Å². The van der Waals surface area contributed by atoms with Crippen molar-refractivity contribution in [1.29, 1.82) is 0 Å². The number of aromatic nitrogens is 2. The number of hydrogen-bond acceptors (Lipinski definition) is 5. The van der Waals surface area contributed by atoms with Crippen LogP contribution in [-0.4, -0.2) is 27.5 Å². The Hall–Kier alpha value is -2.61. The van der Waals surface area contributed by atoms with E-state index in [9.17, 15) is 9.59 Å². The molecule has 9 heteroatoms. The van der Waals surface area contributed by atoms with Gasteiger partial charge in [-0.15, -0.1) is 0 Å². The first-order valence-corrected chi connectivity index (χ1v) is 10.6. The molecule has 1 aromatic carbocycles. The zero-order valence-corrected chi connectivity index (χ0v) is 18.9. The zero-order chi connectivity index (χ0) is 22.4. The highest BCUT2D eigenvalue weighted by atomic mass is 35.5. The second-order valence-electron chi connectivity index (χ2n) is 7.76. The van der Waals surface area contributed by atoms with Crippen molar-refractivity contribution in [1.82, 2.24) is 15.0 Å². The predicted octanol–water partition coefficient (Wildman–Crippen LogP) is 3.92. The van der Waals surface area contributed by atoms with Crippen LogP contribution in [0, 0.1) is 20.8 Å². The maximum atomic E-state index is 13.5. The molecule has 3 aromatic rings. The van der Waals surface area contributed by atoms with E-state index >= 15 is 0 Å². The molecule has 0 fully saturated rings. The maximum absolute atomic E-state index is 13.5. The summed E-state index contributed by atoms with van der Waals surface area (Å²) in [5, 5.41) is 4.71. The Balaban J connectivity index is 1.79. The van der Waals surface area contributed by atoms with Crippen LogP contribution in [0.3, 0.4) is 0 Å². The lowest BCUT2D eigenvalue weighted by molar-refractivity contribution is 0.0726. The van der Waals surface area contributed by atoms with Crippen LogP contribution in [0.5, 0.6) is 0 Å². The monoisotopic (exact) mass is 460 g/mol. The molecule has 31 heavy (non-hydrogen) atoms. The highest BCUT2D eigenvalue weighted by Gasteiger charge is 2.32. The van der Waals surface area contributed by atoms with Gasteiger partial charge >= 0.3 is 0 Å². The summed E-state index contributed by atoms with van der Waals surface area (Å²) >= 11 is 13.3. The molecule has 3 heterocycles. The van der Waals surface area contributed by atoms with Crippen molar-refractivity contribution < 1.29 is 9.32 Å². The van der Waals surface area contributed by atoms with Gasteiger partial charge in [-0.3, -0.25) is 9.59 Å². The fourth-order valence-electron chi connectivity index (χ4n) is 4.14. The van der Waals surface area contributed by atoms with E-state index in [4.69, 9.17) is 33.5 Å². The summed E-state index contributed by atoms with van der Waals surface area (Å²) in [4.78, 5) is 30.3. The quantitative estimate of drug-likeness (QED) is 0.613. The standard InChI is InChI=1S/C22H22Cl2N4O3/c1-10-6-11(2)26-21(29)15(10)9-28-5-4-13-16(23)7-14(20(24)19(13)22(28)30)18-12(3)31-27-17(18)8-25/h6-7H,4-5,8-9,25H2,1-3H3,(H,26,29). The van der Waals surface area contributed by atoms with Crippen molar-refractivity contribution in [3.63, 3.8) is 0 Å². The van der Waals surface area contributed by atoms with Crippen LogP contribution in [0.15, 0.2) is 21.5 Å². The third-order valence-electron chi connectivity index (χ3n) is 5.69. The highest BCUT2D eigenvalue weighted by Crippen LogP contribution is 2.41. The number of benzene rings is 1. The number of H-pyrrole nitrogens is 1. The molecule has 2 aromatic heterocycles. The van der Waals surface area contributed by atoms with Crippen LogP contribution in [0.2, 0.25) is 10.0 Å². The number of nitrogens with zero attached hydrogens (tertiary/aromatic N) is 2. The van der Waals surface area contributed by atoms with Crippen molar-refractivity contribution in [2.45, 2.75) is 40.3 Å². The minimum atomic E-state index is -0.266. The third kappa shape index (κ3) is 3.67. The fraction of sp³-hybridized carbons (Fsp3) is 0.318. The fourth-order valence-corrected chi connectivity index (χ4v) is 4.78. The van der Waals surface area contributed by atoms with E-state index in [1.807, 2.05) is 19.9 Å². The first kappa shape index (κ1) is 21.6. The number of halogens is 2.